The van der Waals surface area contributed by atoms with Gasteiger partial charge in [-0.3, -0.25) is 9.78 Å². The number of nitrogens with zero attached hydrogens (tertiary/aromatic N) is 2. The lowest BCUT2D eigenvalue weighted by atomic mass is 10.2. The Morgan fingerprint density at radius 3 is 2.45 bits per heavy atom. The molecule has 1 aromatic rings. The van der Waals surface area contributed by atoms with Crippen LogP contribution >= 0.6 is 0 Å². The van der Waals surface area contributed by atoms with Gasteiger partial charge in [-0.1, -0.05) is 13.8 Å². The van der Waals surface area contributed by atoms with Crippen LogP contribution in [0.15, 0.2) is 18.3 Å². The lowest BCUT2D eigenvalue weighted by Crippen LogP contribution is -2.42. The first-order valence-corrected chi connectivity index (χ1v) is 6.70. The summed E-state index contributed by atoms with van der Waals surface area (Å²) in [7, 11) is 0. The second-order valence-electron chi connectivity index (χ2n) is 4.60. The monoisotopic (exact) mass is 279 g/mol. The normalized spacial score (nSPS) is 12.2. The molecule has 0 bridgehead atoms. The molecule has 1 aromatic heterocycles. The van der Waals surface area contributed by atoms with Gasteiger partial charge in [0.1, 0.15) is 5.69 Å². The maximum absolute atomic E-state index is 12.0. The first-order valence-electron chi connectivity index (χ1n) is 6.70. The number of carboxylic acids is 1. The highest BCUT2D eigenvalue weighted by molar-refractivity contribution is 5.93. The number of hydrogen-bond donors (Lipinski definition) is 2. The highest BCUT2D eigenvalue weighted by Gasteiger charge is 2.13. The van der Waals surface area contributed by atoms with E-state index in [2.05, 4.69) is 29.0 Å². The minimum Gasteiger partial charge on any atom is -0.478 e. The Labute approximate surface area is 118 Å². The van der Waals surface area contributed by atoms with Crippen molar-refractivity contribution in [2.45, 2.75) is 26.8 Å². The zero-order valence-corrected chi connectivity index (χ0v) is 12.1. The van der Waals surface area contributed by atoms with Gasteiger partial charge in [0.15, 0.2) is 0 Å². The van der Waals surface area contributed by atoms with Crippen molar-refractivity contribution in [3.8, 4) is 0 Å². The summed E-state index contributed by atoms with van der Waals surface area (Å²) in [5.41, 5.74) is 0.291. The molecule has 1 heterocycles. The zero-order valence-electron chi connectivity index (χ0n) is 12.1. The second kappa shape index (κ2) is 7.59. The molecule has 1 rings (SSSR count). The number of amides is 1. The van der Waals surface area contributed by atoms with Crippen LogP contribution < -0.4 is 5.32 Å². The van der Waals surface area contributed by atoms with Crippen LogP contribution in [0.5, 0.6) is 0 Å². The van der Waals surface area contributed by atoms with Gasteiger partial charge in [0, 0.05) is 18.8 Å². The Hall–Kier alpha value is -1.95. The Morgan fingerprint density at radius 2 is 2.00 bits per heavy atom. The summed E-state index contributed by atoms with van der Waals surface area (Å²) in [6.07, 6.45) is 1.19. The van der Waals surface area contributed by atoms with Gasteiger partial charge >= 0.3 is 5.97 Å². The molecule has 0 spiro atoms. The largest absolute Gasteiger partial charge is 0.478 e. The van der Waals surface area contributed by atoms with Crippen molar-refractivity contribution in [2.75, 3.05) is 19.6 Å². The summed E-state index contributed by atoms with van der Waals surface area (Å²) in [5.74, 6) is -1.35. The van der Waals surface area contributed by atoms with Crippen LogP contribution in [0.4, 0.5) is 0 Å². The van der Waals surface area contributed by atoms with E-state index in [1.165, 1.54) is 18.3 Å². The summed E-state index contributed by atoms with van der Waals surface area (Å²) < 4.78 is 0. The minimum atomic E-state index is -1.06. The number of rotatable bonds is 7. The summed E-state index contributed by atoms with van der Waals surface area (Å²) >= 11 is 0. The predicted octanol–water partition coefficient (Wildman–Crippen LogP) is 1.24. The topological polar surface area (TPSA) is 82.5 Å². The summed E-state index contributed by atoms with van der Waals surface area (Å²) in [4.78, 5) is 28.7. The van der Waals surface area contributed by atoms with Crippen LogP contribution in [-0.2, 0) is 0 Å². The third-order valence-corrected chi connectivity index (χ3v) is 3.05. The van der Waals surface area contributed by atoms with Gasteiger partial charge in [0.2, 0.25) is 0 Å². The van der Waals surface area contributed by atoms with E-state index >= 15 is 0 Å². The highest BCUT2D eigenvalue weighted by atomic mass is 16.4. The third-order valence-electron chi connectivity index (χ3n) is 3.05. The van der Waals surface area contributed by atoms with E-state index in [1.54, 1.807) is 0 Å². The first-order chi connectivity index (χ1) is 9.47. The quantitative estimate of drug-likeness (QED) is 0.784. The van der Waals surface area contributed by atoms with Crippen LogP contribution in [0.1, 0.15) is 41.6 Å². The molecule has 0 aliphatic rings. The van der Waals surface area contributed by atoms with Crippen LogP contribution in [0.2, 0.25) is 0 Å². The van der Waals surface area contributed by atoms with E-state index in [-0.39, 0.29) is 23.2 Å². The molecule has 0 aromatic carbocycles. The predicted molar refractivity (Wildman–Crippen MR) is 75.9 cm³/mol. The number of likely N-dealkylation sites (N-methyl/N-ethyl adjacent to an activating group) is 1. The number of carbonyl (C=O) groups is 2. The average Bonchev–Trinajstić information content (AvgIpc) is 2.44. The van der Waals surface area contributed by atoms with E-state index in [0.717, 1.165) is 19.6 Å². The first kappa shape index (κ1) is 16.1. The number of carbonyl (C=O) groups excluding carboxylic acids is 1. The molecule has 6 heteroatoms. The van der Waals surface area contributed by atoms with Gasteiger partial charge < -0.3 is 15.3 Å². The molecule has 0 aliphatic carbocycles. The van der Waals surface area contributed by atoms with Gasteiger partial charge in [-0.15, -0.1) is 0 Å². The Morgan fingerprint density at radius 1 is 1.35 bits per heavy atom. The molecule has 0 aliphatic heterocycles. The molecule has 1 unspecified atom stereocenters. The van der Waals surface area contributed by atoms with E-state index in [9.17, 15) is 9.59 Å². The van der Waals surface area contributed by atoms with Gasteiger partial charge in [-0.2, -0.15) is 0 Å². The molecule has 0 fully saturated rings. The van der Waals surface area contributed by atoms with Gasteiger partial charge in [-0.25, -0.2) is 4.79 Å². The molecule has 0 saturated carbocycles. The van der Waals surface area contributed by atoms with Crippen molar-refractivity contribution >= 4 is 11.9 Å². The maximum Gasteiger partial charge on any atom is 0.337 e. The van der Waals surface area contributed by atoms with Gasteiger partial charge in [0.05, 0.1) is 5.56 Å². The lowest BCUT2D eigenvalue weighted by Gasteiger charge is -2.23. The fourth-order valence-corrected chi connectivity index (χ4v) is 1.87. The molecular weight excluding hydrogens is 258 g/mol. The van der Waals surface area contributed by atoms with Crippen molar-refractivity contribution < 1.29 is 14.7 Å². The molecular formula is C14H21N3O3. The fourth-order valence-electron chi connectivity index (χ4n) is 1.87. The number of pyridine rings is 1. The number of carboxylic acid groups (broad SMARTS) is 1. The van der Waals surface area contributed by atoms with E-state index in [4.69, 9.17) is 5.11 Å². The van der Waals surface area contributed by atoms with E-state index < -0.39 is 5.97 Å². The van der Waals surface area contributed by atoms with E-state index in [0.29, 0.717) is 0 Å². The molecule has 2 N–H and O–H groups in total. The van der Waals surface area contributed by atoms with Crippen molar-refractivity contribution in [1.29, 1.82) is 0 Å². The number of aromatic carboxylic acids is 1. The standard InChI is InChI=1S/C14H21N3O3/c1-4-17(5-2)9-10(3)16-13(18)12-7-6-11(8-15-12)14(19)20/h6-8,10H,4-5,9H2,1-3H3,(H,16,18)(H,19,20). The Balaban J connectivity index is 2.59. The maximum atomic E-state index is 12.0. The Bertz CT molecular complexity index is 455. The highest BCUT2D eigenvalue weighted by Crippen LogP contribution is 2.01. The van der Waals surface area contributed by atoms with Gasteiger partial charge in [0.25, 0.3) is 5.91 Å². The average molecular weight is 279 g/mol. The molecule has 0 saturated heterocycles. The fraction of sp³-hybridized carbons (Fsp3) is 0.500. The van der Waals surface area contributed by atoms with E-state index in [1.807, 2.05) is 6.92 Å². The van der Waals surface area contributed by atoms with Crippen molar-refractivity contribution in [3.05, 3.63) is 29.6 Å². The second-order valence-corrected chi connectivity index (χ2v) is 4.60. The van der Waals surface area contributed by atoms with Crippen LogP contribution in [-0.4, -0.2) is 52.5 Å². The van der Waals surface area contributed by atoms with Crippen molar-refractivity contribution in [3.63, 3.8) is 0 Å². The minimum absolute atomic E-state index is 0.00310. The van der Waals surface area contributed by atoms with Crippen LogP contribution in [0.3, 0.4) is 0 Å². The van der Waals surface area contributed by atoms with Crippen molar-refractivity contribution in [1.82, 2.24) is 15.2 Å². The van der Waals surface area contributed by atoms with Crippen LogP contribution in [0.25, 0.3) is 0 Å². The lowest BCUT2D eigenvalue weighted by molar-refractivity contribution is 0.0695. The summed E-state index contributed by atoms with van der Waals surface area (Å²) in [6.45, 7) is 8.72. The molecule has 1 amide bonds. The zero-order chi connectivity index (χ0) is 15.1. The summed E-state index contributed by atoms with van der Waals surface area (Å²) in [6, 6.07) is 2.80. The number of nitrogens with one attached hydrogen (secondary N) is 1. The number of aromatic nitrogens is 1. The van der Waals surface area contributed by atoms with Crippen LogP contribution in [0, 0.1) is 0 Å². The SMILES string of the molecule is CCN(CC)CC(C)NC(=O)c1ccc(C(=O)O)cn1. The summed E-state index contributed by atoms with van der Waals surface area (Å²) in [5, 5.41) is 11.6. The molecule has 0 radical (unpaired) electrons. The molecule has 110 valence electrons. The van der Waals surface area contributed by atoms with Crippen molar-refractivity contribution in [2.24, 2.45) is 0 Å². The van der Waals surface area contributed by atoms with Gasteiger partial charge in [-0.05, 0) is 32.1 Å². The molecule has 20 heavy (non-hydrogen) atoms. The smallest absolute Gasteiger partial charge is 0.337 e. The number of hydrogen-bond acceptors (Lipinski definition) is 4. The third kappa shape index (κ3) is 4.62. The molecule has 1 atom stereocenters. The molecule has 6 nitrogen and oxygen atoms in total. The Kier molecular flexibility index (Phi) is 6.11.